The van der Waals surface area contributed by atoms with E-state index >= 15 is 0 Å². The van der Waals surface area contributed by atoms with Gasteiger partial charge in [0.1, 0.15) is 12.4 Å². The van der Waals surface area contributed by atoms with Crippen molar-refractivity contribution in [3.05, 3.63) is 34.1 Å². The third kappa shape index (κ3) is 5.46. The van der Waals surface area contributed by atoms with Gasteiger partial charge >= 0.3 is 5.97 Å². The zero-order valence-corrected chi connectivity index (χ0v) is 13.9. The summed E-state index contributed by atoms with van der Waals surface area (Å²) in [4.78, 5) is 25.5. The fourth-order valence-corrected chi connectivity index (χ4v) is 2.21. The molecule has 0 saturated carbocycles. The van der Waals surface area contributed by atoms with Crippen LogP contribution in [0.2, 0.25) is 0 Å². The predicted molar refractivity (Wildman–Crippen MR) is 81.5 cm³/mol. The second-order valence-electron chi connectivity index (χ2n) is 5.01. The van der Waals surface area contributed by atoms with Crippen LogP contribution in [0.3, 0.4) is 0 Å². The van der Waals surface area contributed by atoms with Crippen LogP contribution in [0, 0.1) is 11.7 Å². The molecule has 1 aromatic carbocycles. The van der Waals surface area contributed by atoms with Crippen LogP contribution in [0.1, 0.15) is 31.1 Å². The van der Waals surface area contributed by atoms with Gasteiger partial charge in [-0.2, -0.15) is 0 Å². The van der Waals surface area contributed by atoms with Crippen molar-refractivity contribution >= 4 is 27.8 Å². The van der Waals surface area contributed by atoms with Gasteiger partial charge in [-0.3, -0.25) is 9.59 Å². The smallest absolute Gasteiger partial charge is 0.325 e. The number of carbonyl (C=O) groups excluding carboxylic acids is 2. The maximum Gasteiger partial charge on any atom is 0.325 e. The molecule has 0 bridgehead atoms. The highest BCUT2D eigenvalue weighted by Crippen LogP contribution is 2.18. The molecule has 0 atom stereocenters. The summed E-state index contributed by atoms with van der Waals surface area (Å²) < 4.78 is 18.3. The molecule has 21 heavy (non-hydrogen) atoms. The highest BCUT2D eigenvalue weighted by atomic mass is 79.9. The van der Waals surface area contributed by atoms with Crippen LogP contribution in [0.25, 0.3) is 0 Å². The predicted octanol–water partition coefficient (Wildman–Crippen LogP) is 3.25. The second kappa shape index (κ2) is 8.12. The third-order valence-corrected chi connectivity index (χ3v) is 3.27. The van der Waals surface area contributed by atoms with Gasteiger partial charge in [0.05, 0.1) is 11.1 Å². The number of esters is 1. The molecule has 0 N–H and O–H groups in total. The molecule has 0 saturated heterocycles. The van der Waals surface area contributed by atoms with E-state index in [-0.39, 0.29) is 29.4 Å². The van der Waals surface area contributed by atoms with E-state index in [2.05, 4.69) is 15.9 Å². The zero-order valence-electron chi connectivity index (χ0n) is 12.4. The number of ether oxygens (including phenoxy) is 1. The highest BCUT2D eigenvalue weighted by Gasteiger charge is 2.21. The first kappa shape index (κ1) is 17.6. The van der Waals surface area contributed by atoms with Crippen molar-refractivity contribution in [2.45, 2.75) is 20.8 Å². The molecule has 0 fully saturated rings. The minimum absolute atomic E-state index is 0.111. The quantitative estimate of drug-likeness (QED) is 0.732. The lowest BCUT2D eigenvalue weighted by atomic mass is 10.1. The van der Waals surface area contributed by atoms with Crippen molar-refractivity contribution in [3.8, 4) is 0 Å². The number of hydrogen-bond acceptors (Lipinski definition) is 3. The number of halogens is 2. The molecule has 6 heteroatoms. The molecule has 0 heterocycles. The molecule has 1 rings (SSSR count). The van der Waals surface area contributed by atoms with Crippen LogP contribution in [-0.2, 0) is 9.53 Å². The first-order chi connectivity index (χ1) is 9.85. The van der Waals surface area contributed by atoms with Gasteiger partial charge in [-0.25, -0.2) is 4.39 Å². The number of amides is 1. The van der Waals surface area contributed by atoms with Crippen LogP contribution in [0.4, 0.5) is 4.39 Å². The Balaban J connectivity index is 2.92. The Morgan fingerprint density at radius 3 is 2.57 bits per heavy atom. The molecule has 0 spiro atoms. The SMILES string of the molecule is CCOC(=O)CN(CC(C)C)C(=O)c1ccc(F)c(Br)c1. The first-order valence-corrected chi connectivity index (χ1v) is 7.54. The zero-order chi connectivity index (χ0) is 16.0. The van der Waals surface area contributed by atoms with Gasteiger partial charge in [-0.1, -0.05) is 13.8 Å². The summed E-state index contributed by atoms with van der Waals surface area (Å²) in [7, 11) is 0. The van der Waals surface area contributed by atoms with E-state index in [1.165, 1.54) is 23.1 Å². The van der Waals surface area contributed by atoms with E-state index in [1.807, 2.05) is 13.8 Å². The molecule has 0 aliphatic rings. The molecular formula is C15H19BrFNO3. The lowest BCUT2D eigenvalue weighted by molar-refractivity contribution is -0.143. The molecule has 0 radical (unpaired) electrons. The Hall–Kier alpha value is -1.43. The normalized spacial score (nSPS) is 10.6. The minimum atomic E-state index is -0.451. The molecule has 0 aromatic heterocycles. The highest BCUT2D eigenvalue weighted by molar-refractivity contribution is 9.10. The Morgan fingerprint density at radius 1 is 1.38 bits per heavy atom. The molecule has 0 aliphatic heterocycles. The van der Waals surface area contributed by atoms with E-state index in [0.717, 1.165) is 0 Å². The Kier molecular flexibility index (Phi) is 6.81. The van der Waals surface area contributed by atoms with Gasteiger partial charge in [-0.15, -0.1) is 0 Å². The molecule has 1 amide bonds. The maximum absolute atomic E-state index is 13.2. The van der Waals surface area contributed by atoms with Gasteiger partial charge in [0.2, 0.25) is 0 Å². The summed E-state index contributed by atoms with van der Waals surface area (Å²) in [6.45, 7) is 6.19. The Labute approximate surface area is 132 Å². The average Bonchev–Trinajstić information content (AvgIpc) is 2.40. The van der Waals surface area contributed by atoms with Crippen LogP contribution >= 0.6 is 15.9 Å². The number of hydrogen-bond donors (Lipinski definition) is 0. The van der Waals surface area contributed by atoms with Gasteiger partial charge in [0, 0.05) is 12.1 Å². The third-order valence-electron chi connectivity index (χ3n) is 2.66. The number of benzene rings is 1. The molecule has 4 nitrogen and oxygen atoms in total. The van der Waals surface area contributed by atoms with E-state index in [9.17, 15) is 14.0 Å². The summed E-state index contributed by atoms with van der Waals surface area (Å²) in [6.07, 6.45) is 0. The largest absolute Gasteiger partial charge is 0.465 e. The average molecular weight is 360 g/mol. The van der Waals surface area contributed by atoms with E-state index in [4.69, 9.17) is 4.74 Å². The Bertz CT molecular complexity index is 520. The second-order valence-corrected chi connectivity index (χ2v) is 5.87. The van der Waals surface area contributed by atoms with Crippen LogP contribution in [0.15, 0.2) is 22.7 Å². The number of rotatable bonds is 6. The fourth-order valence-electron chi connectivity index (χ4n) is 1.83. The fraction of sp³-hybridized carbons (Fsp3) is 0.467. The van der Waals surface area contributed by atoms with Crippen LogP contribution < -0.4 is 0 Å². The van der Waals surface area contributed by atoms with Gasteiger partial charge in [0.25, 0.3) is 5.91 Å². The summed E-state index contributed by atoms with van der Waals surface area (Å²) in [5, 5.41) is 0. The van der Waals surface area contributed by atoms with Crippen molar-refractivity contribution in [1.82, 2.24) is 4.90 Å². The van der Waals surface area contributed by atoms with E-state index < -0.39 is 11.8 Å². The molecule has 0 unspecified atom stereocenters. The number of carbonyl (C=O) groups is 2. The van der Waals surface area contributed by atoms with Crippen molar-refractivity contribution in [2.24, 2.45) is 5.92 Å². The van der Waals surface area contributed by atoms with Crippen molar-refractivity contribution in [1.29, 1.82) is 0 Å². The molecular weight excluding hydrogens is 341 g/mol. The summed E-state index contributed by atoms with van der Waals surface area (Å²) >= 11 is 3.05. The Morgan fingerprint density at radius 2 is 2.05 bits per heavy atom. The molecule has 1 aromatic rings. The van der Waals surface area contributed by atoms with Crippen molar-refractivity contribution in [2.75, 3.05) is 19.7 Å². The molecule has 0 aliphatic carbocycles. The standard InChI is InChI=1S/C15H19BrFNO3/c1-4-21-14(19)9-18(8-10(2)3)15(20)11-5-6-13(17)12(16)7-11/h5-7,10H,4,8-9H2,1-3H3. The minimum Gasteiger partial charge on any atom is -0.465 e. The molecule has 116 valence electrons. The maximum atomic E-state index is 13.2. The topological polar surface area (TPSA) is 46.6 Å². The summed E-state index contributed by atoms with van der Waals surface area (Å²) in [6, 6.07) is 4.03. The summed E-state index contributed by atoms with van der Waals surface area (Å²) in [5.74, 6) is -1.01. The summed E-state index contributed by atoms with van der Waals surface area (Å²) in [5.41, 5.74) is 0.327. The van der Waals surface area contributed by atoms with Gasteiger partial charge in [0.15, 0.2) is 0 Å². The lowest BCUT2D eigenvalue weighted by Gasteiger charge is -2.23. The van der Waals surface area contributed by atoms with Gasteiger partial charge in [-0.05, 0) is 47.0 Å². The first-order valence-electron chi connectivity index (χ1n) is 6.75. The number of nitrogens with zero attached hydrogens (tertiary/aromatic N) is 1. The van der Waals surface area contributed by atoms with E-state index in [0.29, 0.717) is 12.1 Å². The van der Waals surface area contributed by atoms with Crippen LogP contribution in [-0.4, -0.2) is 36.5 Å². The van der Waals surface area contributed by atoms with Crippen LogP contribution in [0.5, 0.6) is 0 Å². The monoisotopic (exact) mass is 359 g/mol. The van der Waals surface area contributed by atoms with Crippen molar-refractivity contribution < 1.29 is 18.7 Å². The van der Waals surface area contributed by atoms with Crippen molar-refractivity contribution in [3.63, 3.8) is 0 Å². The van der Waals surface area contributed by atoms with E-state index in [1.54, 1.807) is 6.92 Å². The lowest BCUT2D eigenvalue weighted by Crippen LogP contribution is -2.39. The van der Waals surface area contributed by atoms with Gasteiger partial charge < -0.3 is 9.64 Å².